The Kier molecular flexibility index (Phi) is 3.89. The molecule has 0 spiro atoms. The SMILES string of the molecule is Cl.O=C([C@H]1NCCC1(F)F)N1CCCC1. The highest BCUT2D eigenvalue weighted by atomic mass is 35.5. The zero-order chi connectivity index (χ0) is 10.2. The number of amides is 1. The maximum absolute atomic E-state index is 13.2. The third-order valence-corrected chi connectivity index (χ3v) is 2.89. The number of hydrogen-bond acceptors (Lipinski definition) is 2. The summed E-state index contributed by atoms with van der Waals surface area (Å²) in [7, 11) is 0. The van der Waals surface area contributed by atoms with Gasteiger partial charge in [0.2, 0.25) is 5.91 Å². The normalized spacial score (nSPS) is 28.9. The Labute approximate surface area is 93.6 Å². The molecule has 2 heterocycles. The fourth-order valence-electron chi connectivity index (χ4n) is 2.06. The highest BCUT2D eigenvalue weighted by Crippen LogP contribution is 2.29. The summed E-state index contributed by atoms with van der Waals surface area (Å²) in [5.74, 6) is -3.29. The van der Waals surface area contributed by atoms with Crippen LogP contribution in [-0.2, 0) is 4.79 Å². The van der Waals surface area contributed by atoms with Crippen LogP contribution in [0.1, 0.15) is 19.3 Å². The molecule has 3 nitrogen and oxygen atoms in total. The van der Waals surface area contributed by atoms with Gasteiger partial charge in [-0.05, 0) is 12.8 Å². The number of carbonyl (C=O) groups excluding carboxylic acids is 1. The average Bonchev–Trinajstić information content (AvgIpc) is 2.71. The number of halogens is 3. The van der Waals surface area contributed by atoms with E-state index in [0.29, 0.717) is 13.1 Å². The van der Waals surface area contributed by atoms with E-state index >= 15 is 0 Å². The molecular weight excluding hydrogens is 226 g/mol. The van der Waals surface area contributed by atoms with Crippen LogP contribution in [0.5, 0.6) is 0 Å². The molecule has 2 rings (SSSR count). The number of alkyl halides is 2. The minimum Gasteiger partial charge on any atom is -0.341 e. The second-order valence-corrected chi connectivity index (χ2v) is 3.93. The number of rotatable bonds is 1. The lowest BCUT2D eigenvalue weighted by Crippen LogP contribution is -2.49. The Hall–Kier alpha value is -0.420. The van der Waals surface area contributed by atoms with Crippen LogP contribution < -0.4 is 5.32 Å². The number of carbonyl (C=O) groups is 1. The van der Waals surface area contributed by atoms with Crippen molar-refractivity contribution >= 4 is 18.3 Å². The molecule has 6 heteroatoms. The summed E-state index contributed by atoms with van der Waals surface area (Å²) >= 11 is 0. The Morgan fingerprint density at radius 1 is 1.33 bits per heavy atom. The van der Waals surface area contributed by atoms with Gasteiger partial charge in [0.1, 0.15) is 0 Å². The van der Waals surface area contributed by atoms with Crippen LogP contribution in [0.25, 0.3) is 0 Å². The standard InChI is InChI=1S/C9H14F2N2O.ClH/c10-9(11)3-4-12-7(9)8(14)13-5-1-2-6-13;/h7,12H,1-6H2;1H/t7-;/m1./s1. The van der Waals surface area contributed by atoms with Gasteiger partial charge in [0.25, 0.3) is 5.92 Å². The van der Waals surface area contributed by atoms with Crippen molar-refractivity contribution in [3.63, 3.8) is 0 Å². The van der Waals surface area contributed by atoms with Gasteiger partial charge < -0.3 is 10.2 Å². The van der Waals surface area contributed by atoms with Crippen molar-refractivity contribution in [2.45, 2.75) is 31.2 Å². The number of likely N-dealkylation sites (tertiary alicyclic amines) is 1. The zero-order valence-corrected chi connectivity index (χ0v) is 9.16. The van der Waals surface area contributed by atoms with Gasteiger partial charge in [-0.25, -0.2) is 8.78 Å². The maximum atomic E-state index is 13.2. The van der Waals surface area contributed by atoms with Crippen LogP contribution >= 0.6 is 12.4 Å². The van der Waals surface area contributed by atoms with E-state index < -0.39 is 17.9 Å². The average molecular weight is 241 g/mol. The Morgan fingerprint density at radius 2 is 1.93 bits per heavy atom. The summed E-state index contributed by atoms with van der Waals surface area (Å²) in [5, 5.41) is 2.58. The van der Waals surface area contributed by atoms with Gasteiger partial charge >= 0.3 is 0 Å². The molecule has 0 aliphatic carbocycles. The van der Waals surface area contributed by atoms with E-state index in [0.717, 1.165) is 12.8 Å². The minimum atomic E-state index is -2.86. The molecular formula is C9H15ClF2N2O. The van der Waals surface area contributed by atoms with Crippen molar-refractivity contribution in [1.82, 2.24) is 10.2 Å². The van der Waals surface area contributed by atoms with E-state index in [9.17, 15) is 13.6 Å². The van der Waals surface area contributed by atoms with Crippen molar-refractivity contribution < 1.29 is 13.6 Å². The first-order chi connectivity index (χ1) is 6.61. The molecule has 0 radical (unpaired) electrons. The van der Waals surface area contributed by atoms with E-state index in [1.807, 2.05) is 0 Å². The molecule has 0 bridgehead atoms. The lowest BCUT2D eigenvalue weighted by molar-refractivity contribution is -0.140. The van der Waals surface area contributed by atoms with Crippen molar-refractivity contribution in [1.29, 1.82) is 0 Å². The van der Waals surface area contributed by atoms with Gasteiger partial charge in [-0.1, -0.05) is 0 Å². The van der Waals surface area contributed by atoms with Crippen LogP contribution in [-0.4, -0.2) is 42.4 Å². The summed E-state index contributed by atoms with van der Waals surface area (Å²) in [5.41, 5.74) is 0. The second-order valence-electron chi connectivity index (χ2n) is 3.93. The maximum Gasteiger partial charge on any atom is 0.273 e. The number of hydrogen-bond donors (Lipinski definition) is 1. The van der Waals surface area contributed by atoms with Crippen LogP contribution in [0.4, 0.5) is 8.78 Å². The minimum absolute atomic E-state index is 0. The summed E-state index contributed by atoms with van der Waals surface area (Å²) in [6, 6.07) is -1.28. The number of nitrogens with zero attached hydrogens (tertiary/aromatic N) is 1. The van der Waals surface area contributed by atoms with Gasteiger partial charge in [0, 0.05) is 26.1 Å². The predicted octanol–water partition coefficient (Wildman–Crippen LogP) is 1.03. The molecule has 2 aliphatic rings. The van der Waals surface area contributed by atoms with Gasteiger partial charge in [-0.2, -0.15) is 0 Å². The third kappa shape index (κ3) is 2.39. The lowest BCUT2D eigenvalue weighted by Gasteiger charge is -2.23. The van der Waals surface area contributed by atoms with E-state index in [1.165, 1.54) is 4.90 Å². The quantitative estimate of drug-likeness (QED) is 0.743. The molecule has 2 fully saturated rings. The topological polar surface area (TPSA) is 32.3 Å². The molecule has 88 valence electrons. The number of nitrogens with one attached hydrogen (secondary N) is 1. The molecule has 2 aliphatic heterocycles. The first kappa shape index (κ1) is 12.6. The smallest absolute Gasteiger partial charge is 0.273 e. The fourth-order valence-corrected chi connectivity index (χ4v) is 2.06. The largest absolute Gasteiger partial charge is 0.341 e. The summed E-state index contributed by atoms with van der Waals surface area (Å²) < 4.78 is 26.4. The predicted molar refractivity (Wildman–Crippen MR) is 54.4 cm³/mol. The van der Waals surface area contributed by atoms with Gasteiger partial charge in [-0.15, -0.1) is 12.4 Å². The summed E-state index contributed by atoms with van der Waals surface area (Å²) in [6.07, 6.45) is 1.64. The Bertz CT molecular complexity index is 244. The molecule has 0 aromatic heterocycles. The molecule has 0 saturated carbocycles. The van der Waals surface area contributed by atoms with Crippen molar-refractivity contribution in [3.8, 4) is 0 Å². The monoisotopic (exact) mass is 240 g/mol. The van der Waals surface area contributed by atoms with Crippen molar-refractivity contribution in [2.75, 3.05) is 19.6 Å². The molecule has 2 saturated heterocycles. The molecule has 0 aromatic carbocycles. The molecule has 1 atom stereocenters. The molecule has 15 heavy (non-hydrogen) atoms. The fraction of sp³-hybridized carbons (Fsp3) is 0.889. The second kappa shape index (κ2) is 4.61. The van der Waals surface area contributed by atoms with Crippen LogP contribution in [0.2, 0.25) is 0 Å². The van der Waals surface area contributed by atoms with E-state index in [1.54, 1.807) is 0 Å². The first-order valence-electron chi connectivity index (χ1n) is 5.01. The van der Waals surface area contributed by atoms with Gasteiger partial charge in [-0.3, -0.25) is 4.79 Å². The molecule has 0 aromatic rings. The third-order valence-electron chi connectivity index (χ3n) is 2.89. The van der Waals surface area contributed by atoms with Gasteiger partial charge in [0.15, 0.2) is 6.04 Å². The highest BCUT2D eigenvalue weighted by molar-refractivity contribution is 5.85. The van der Waals surface area contributed by atoms with Crippen molar-refractivity contribution in [2.24, 2.45) is 0 Å². The molecule has 0 unspecified atom stereocenters. The first-order valence-corrected chi connectivity index (χ1v) is 5.01. The van der Waals surface area contributed by atoms with Crippen LogP contribution in [0.15, 0.2) is 0 Å². The Morgan fingerprint density at radius 3 is 2.40 bits per heavy atom. The highest BCUT2D eigenvalue weighted by Gasteiger charge is 2.49. The van der Waals surface area contributed by atoms with E-state index in [4.69, 9.17) is 0 Å². The van der Waals surface area contributed by atoms with Gasteiger partial charge in [0.05, 0.1) is 0 Å². The summed E-state index contributed by atoms with van der Waals surface area (Å²) in [6.45, 7) is 1.50. The lowest BCUT2D eigenvalue weighted by atomic mass is 10.1. The molecule has 1 amide bonds. The zero-order valence-electron chi connectivity index (χ0n) is 8.34. The van der Waals surface area contributed by atoms with Crippen molar-refractivity contribution in [3.05, 3.63) is 0 Å². The van der Waals surface area contributed by atoms with E-state index in [-0.39, 0.29) is 25.4 Å². The van der Waals surface area contributed by atoms with E-state index in [2.05, 4.69) is 5.32 Å². The molecule has 1 N–H and O–H groups in total. The summed E-state index contributed by atoms with van der Waals surface area (Å²) in [4.78, 5) is 13.2. The van der Waals surface area contributed by atoms with Crippen LogP contribution in [0, 0.1) is 0 Å². The van der Waals surface area contributed by atoms with Crippen LogP contribution in [0.3, 0.4) is 0 Å². The Balaban J connectivity index is 0.00000112.